The Kier molecular flexibility index (Phi) is 4.35. The summed E-state index contributed by atoms with van der Waals surface area (Å²) in [6, 6.07) is 9.13. The van der Waals surface area contributed by atoms with E-state index < -0.39 is 0 Å². The van der Waals surface area contributed by atoms with Gasteiger partial charge in [0.1, 0.15) is 11.6 Å². The van der Waals surface area contributed by atoms with Gasteiger partial charge >= 0.3 is 0 Å². The number of pyridine rings is 1. The maximum Gasteiger partial charge on any atom is 0.257 e. The zero-order chi connectivity index (χ0) is 18.1. The zero-order valence-electron chi connectivity index (χ0n) is 14.8. The van der Waals surface area contributed by atoms with Gasteiger partial charge < -0.3 is 9.88 Å². The van der Waals surface area contributed by atoms with Crippen LogP contribution in [-0.4, -0.2) is 20.4 Å². The van der Waals surface area contributed by atoms with Crippen molar-refractivity contribution in [3.05, 3.63) is 63.3 Å². The molecule has 1 amide bonds. The Morgan fingerprint density at radius 3 is 2.64 bits per heavy atom. The number of nitrogens with zero attached hydrogens (tertiary/aromatic N) is 3. The number of anilines is 1. The van der Waals surface area contributed by atoms with Crippen molar-refractivity contribution in [3.63, 3.8) is 0 Å². The number of benzene rings is 1. The molecule has 0 unspecified atom stereocenters. The summed E-state index contributed by atoms with van der Waals surface area (Å²) in [5.41, 5.74) is 2.19. The summed E-state index contributed by atoms with van der Waals surface area (Å²) >= 11 is 0. The van der Waals surface area contributed by atoms with Crippen LogP contribution in [0.1, 0.15) is 34.4 Å². The van der Waals surface area contributed by atoms with Crippen LogP contribution in [0.4, 0.5) is 5.82 Å². The van der Waals surface area contributed by atoms with Crippen molar-refractivity contribution in [2.45, 2.75) is 27.2 Å². The van der Waals surface area contributed by atoms with Crippen LogP contribution in [0.5, 0.6) is 0 Å². The van der Waals surface area contributed by atoms with Gasteiger partial charge in [-0.25, -0.2) is 9.97 Å². The summed E-state index contributed by atoms with van der Waals surface area (Å²) in [6.45, 7) is 5.45. The third-order valence-corrected chi connectivity index (χ3v) is 4.26. The quantitative estimate of drug-likeness (QED) is 0.798. The Morgan fingerprint density at radius 2 is 1.92 bits per heavy atom. The first kappa shape index (κ1) is 16.8. The number of para-hydroxylation sites is 1. The first-order valence-electron chi connectivity index (χ1n) is 8.16. The van der Waals surface area contributed by atoms with Crippen molar-refractivity contribution >= 4 is 22.6 Å². The molecule has 1 N–H and O–H groups in total. The molecule has 1 aromatic carbocycles. The van der Waals surface area contributed by atoms with E-state index in [2.05, 4.69) is 15.3 Å². The lowest BCUT2D eigenvalue weighted by molar-refractivity contribution is 0.102. The lowest BCUT2D eigenvalue weighted by Gasteiger charge is -2.13. The smallest absolute Gasteiger partial charge is 0.257 e. The predicted octanol–water partition coefficient (Wildman–Crippen LogP) is 2.76. The Hall–Kier alpha value is -3.02. The van der Waals surface area contributed by atoms with Crippen molar-refractivity contribution in [3.8, 4) is 0 Å². The second-order valence-corrected chi connectivity index (χ2v) is 5.98. The van der Waals surface area contributed by atoms with Gasteiger partial charge in [-0.15, -0.1) is 0 Å². The molecule has 25 heavy (non-hydrogen) atoms. The highest BCUT2D eigenvalue weighted by Crippen LogP contribution is 2.20. The molecule has 6 heteroatoms. The van der Waals surface area contributed by atoms with E-state index in [1.54, 1.807) is 31.5 Å². The molecule has 0 spiro atoms. The van der Waals surface area contributed by atoms with Crippen LogP contribution < -0.4 is 10.9 Å². The molecule has 0 fully saturated rings. The van der Waals surface area contributed by atoms with Crippen molar-refractivity contribution < 1.29 is 4.79 Å². The number of fused-ring (bicyclic) bond motifs is 1. The second-order valence-electron chi connectivity index (χ2n) is 5.98. The number of amides is 1. The van der Waals surface area contributed by atoms with Crippen LogP contribution >= 0.6 is 0 Å². The standard InChI is InChI=1S/C19H20N4O2/c1-5-13-10-16(21-12(3)20-13)22-18(24)17-11(2)19(25)23(4)15-9-7-6-8-14(15)17/h6-10H,5H2,1-4H3,(H,20,21,22,24). The number of aryl methyl sites for hydroxylation is 3. The van der Waals surface area contributed by atoms with Gasteiger partial charge in [0.05, 0.1) is 11.1 Å². The van der Waals surface area contributed by atoms with E-state index in [-0.39, 0.29) is 11.5 Å². The lowest BCUT2D eigenvalue weighted by Crippen LogP contribution is -2.26. The van der Waals surface area contributed by atoms with E-state index in [9.17, 15) is 9.59 Å². The minimum absolute atomic E-state index is 0.183. The first-order chi connectivity index (χ1) is 11.9. The maximum atomic E-state index is 12.9. The lowest BCUT2D eigenvalue weighted by atomic mass is 10.0. The summed E-state index contributed by atoms with van der Waals surface area (Å²) < 4.78 is 1.56. The number of nitrogens with one attached hydrogen (secondary N) is 1. The number of hydrogen-bond donors (Lipinski definition) is 1. The van der Waals surface area contributed by atoms with Crippen LogP contribution in [-0.2, 0) is 13.5 Å². The number of hydrogen-bond acceptors (Lipinski definition) is 4. The summed E-state index contributed by atoms with van der Waals surface area (Å²) in [4.78, 5) is 34.0. The van der Waals surface area contributed by atoms with Crippen LogP contribution in [0.15, 0.2) is 35.1 Å². The van der Waals surface area contributed by atoms with Crippen LogP contribution in [0.3, 0.4) is 0 Å². The van der Waals surface area contributed by atoms with Gasteiger partial charge in [-0.2, -0.15) is 0 Å². The molecule has 3 aromatic rings. The van der Waals surface area contributed by atoms with Gasteiger partial charge in [0.2, 0.25) is 0 Å². The Morgan fingerprint density at radius 1 is 1.20 bits per heavy atom. The fraction of sp³-hybridized carbons (Fsp3) is 0.263. The Bertz CT molecular complexity index is 1040. The minimum atomic E-state index is -0.341. The second kappa shape index (κ2) is 6.47. The van der Waals surface area contributed by atoms with Gasteiger partial charge in [0.15, 0.2) is 0 Å². The third kappa shape index (κ3) is 3.03. The van der Waals surface area contributed by atoms with Gasteiger partial charge in [0, 0.05) is 29.8 Å². The molecule has 0 aliphatic heterocycles. The predicted molar refractivity (Wildman–Crippen MR) is 98.0 cm³/mol. The first-order valence-corrected chi connectivity index (χ1v) is 8.16. The normalized spacial score (nSPS) is 10.9. The van der Waals surface area contributed by atoms with Gasteiger partial charge in [-0.3, -0.25) is 9.59 Å². The number of carbonyl (C=O) groups excluding carboxylic acids is 1. The van der Waals surface area contributed by atoms with Crippen LogP contribution in [0, 0.1) is 13.8 Å². The Labute approximate surface area is 145 Å². The zero-order valence-corrected chi connectivity index (χ0v) is 14.8. The largest absolute Gasteiger partial charge is 0.311 e. The average molecular weight is 336 g/mol. The van der Waals surface area contributed by atoms with Crippen LogP contribution in [0.2, 0.25) is 0 Å². The van der Waals surface area contributed by atoms with E-state index >= 15 is 0 Å². The molecular formula is C19H20N4O2. The fourth-order valence-electron chi connectivity index (χ4n) is 2.99. The third-order valence-electron chi connectivity index (χ3n) is 4.26. The summed E-state index contributed by atoms with van der Waals surface area (Å²) in [5, 5.41) is 3.55. The average Bonchev–Trinajstić information content (AvgIpc) is 2.59. The molecule has 0 bridgehead atoms. The molecule has 0 aliphatic rings. The Balaban J connectivity index is 2.12. The molecular weight excluding hydrogens is 316 g/mol. The minimum Gasteiger partial charge on any atom is -0.311 e. The molecule has 3 rings (SSSR count). The number of carbonyl (C=O) groups is 1. The van der Waals surface area contributed by atoms with Crippen molar-refractivity contribution in [2.24, 2.45) is 7.05 Å². The van der Waals surface area contributed by atoms with Gasteiger partial charge in [-0.05, 0) is 26.3 Å². The molecule has 6 nitrogen and oxygen atoms in total. The summed E-state index contributed by atoms with van der Waals surface area (Å²) in [5.74, 6) is 0.699. The summed E-state index contributed by atoms with van der Waals surface area (Å²) in [6.07, 6.45) is 0.750. The van der Waals surface area contributed by atoms with E-state index in [1.165, 1.54) is 0 Å². The van der Waals surface area contributed by atoms with E-state index in [0.717, 1.165) is 23.0 Å². The fourth-order valence-corrected chi connectivity index (χ4v) is 2.99. The van der Waals surface area contributed by atoms with E-state index in [0.29, 0.717) is 22.8 Å². The van der Waals surface area contributed by atoms with E-state index in [4.69, 9.17) is 0 Å². The van der Waals surface area contributed by atoms with Crippen molar-refractivity contribution in [1.82, 2.24) is 14.5 Å². The molecule has 0 saturated heterocycles. The molecule has 2 heterocycles. The highest BCUT2D eigenvalue weighted by atomic mass is 16.2. The number of aromatic nitrogens is 3. The monoisotopic (exact) mass is 336 g/mol. The molecule has 0 atom stereocenters. The summed E-state index contributed by atoms with van der Waals surface area (Å²) in [7, 11) is 1.71. The molecule has 2 aromatic heterocycles. The highest BCUT2D eigenvalue weighted by Gasteiger charge is 2.18. The SMILES string of the molecule is CCc1cc(NC(=O)c2c(C)c(=O)n(C)c3ccccc23)nc(C)n1. The maximum absolute atomic E-state index is 12.9. The van der Waals surface area contributed by atoms with Gasteiger partial charge in [-0.1, -0.05) is 25.1 Å². The molecule has 0 saturated carbocycles. The number of rotatable bonds is 3. The van der Waals surface area contributed by atoms with Crippen molar-refractivity contribution in [1.29, 1.82) is 0 Å². The molecule has 128 valence electrons. The van der Waals surface area contributed by atoms with E-state index in [1.807, 2.05) is 31.2 Å². The highest BCUT2D eigenvalue weighted by molar-refractivity contribution is 6.13. The van der Waals surface area contributed by atoms with Gasteiger partial charge in [0.25, 0.3) is 11.5 Å². The molecule has 0 radical (unpaired) electrons. The van der Waals surface area contributed by atoms with Crippen LogP contribution in [0.25, 0.3) is 10.9 Å². The molecule has 0 aliphatic carbocycles. The topological polar surface area (TPSA) is 76.9 Å². The van der Waals surface area contributed by atoms with Crippen molar-refractivity contribution in [2.75, 3.05) is 5.32 Å².